The van der Waals surface area contributed by atoms with Crippen molar-refractivity contribution in [2.45, 2.75) is 24.2 Å². The van der Waals surface area contributed by atoms with Crippen LogP contribution in [0, 0.1) is 17.6 Å². The quantitative estimate of drug-likeness (QED) is 0.837. The van der Waals surface area contributed by atoms with Gasteiger partial charge in [0.25, 0.3) is 0 Å². The molecule has 1 aromatic carbocycles. The largest absolute Gasteiger partial charge is 0.341 e. The van der Waals surface area contributed by atoms with Gasteiger partial charge in [-0.05, 0) is 37.5 Å². The SMILES string of the molecule is O=C(C1CC1)N1CCCN(S(=O)(=O)c2cc(F)ccc2F)CC1. The molecular formula is C15H18F2N2O3S. The second-order valence-corrected chi connectivity index (χ2v) is 7.84. The van der Waals surface area contributed by atoms with E-state index in [2.05, 4.69) is 0 Å². The van der Waals surface area contributed by atoms with E-state index in [1.54, 1.807) is 4.90 Å². The number of hydrogen-bond acceptors (Lipinski definition) is 3. The van der Waals surface area contributed by atoms with Gasteiger partial charge in [-0.2, -0.15) is 4.31 Å². The molecule has 1 aliphatic carbocycles. The smallest absolute Gasteiger partial charge is 0.246 e. The standard InChI is InChI=1S/C15H18F2N2O3S/c16-12-4-5-13(17)14(10-12)23(21,22)19-7-1-6-18(8-9-19)15(20)11-2-3-11/h4-5,10-11H,1-3,6-9H2. The predicted octanol–water partition coefficient (Wildman–Crippen LogP) is 1.60. The summed E-state index contributed by atoms with van der Waals surface area (Å²) in [6.45, 7) is 1.06. The fraction of sp³-hybridized carbons (Fsp3) is 0.533. The van der Waals surface area contributed by atoms with Crippen molar-refractivity contribution in [1.29, 1.82) is 0 Å². The molecule has 0 atom stereocenters. The summed E-state index contributed by atoms with van der Waals surface area (Å²) < 4.78 is 53.3. The van der Waals surface area contributed by atoms with Crippen molar-refractivity contribution in [1.82, 2.24) is 9.21 Å². The molecule has 2 aliphatic rings. The van der Waals surface area contributed by atoms with E-state index in [0.29, 0.717) is 19.0 Å². The zero-order valence-electron chi connectivity index (χ0n) is 12.5. The number of halogens is 2. The number of amides is 1. The van der Waals surface area contributed by atoms with E-state index in [-0.39, 0.29) is 31.5 Å². The summed E-state index contributed by atoms with van der Waals surface area (Å²) in [5.41, 5.74) is 0. The molecule has 1 heterocycles. The maximum Gasteiger partial charge on any atom is 0.246 e. The maximum absolute atomic E-state index is 13.8. The van der Waals surface area contributed by atoms with Gasteiger partial charge in [0.2, 0.25) is 15.9 Å². The molecule has 0 unspecified atom stereocenters. The fourth-order valence-electron chi connectivity index (χ4n) is 2.76. The number of carbonyl (C=O) groups is 1. The Labute approximate surface area is 133 Å². The minimum Gasteiger partial charge on any atom is -0.341 e. The Hall–Kier alpha value is -1.54. The van der Waals surface area contributed by atoms with Gasteiger partial charge in [-0.15, -0.1) is 0 Å². The van der Waals surface area contributed by atoms with Crippen LogP contribution >= 0.6 is 0 Å². The monoisotopic (exact) mass is 344 g/mol. The van der Waals surface area contributed by atoms with E-state index in [1.165, 1.54) is 0 Å². The number of nitrogens with zero attached hydrogens (tertiary/aromatic N) is 2. The van der Waals surface area contributed by atoms with E-state index in [4.69, 9.17) is 0 Å². The second kappa shape index (κ2) is 6.16. The highest BCUT2D eigenvalue weighted by molar-refractivity contribution is 7.89. The van der Waals surface area contributed by atoms with Gasteiger partial charge in [-0.1, -0.05) is 0 Å². The van der Waals surface area contributed by atoms with Crippen LogP contribution in [-0.4, -0.2) is 49.7 Å². The third-order valence-electron chi connectivity index (χ3n) is 4.20. The Kier molecular flexibility index (Phi) is 4.37. The Balaban J connectivity index is 1.78. The molecule has 1 aliphatic heterocycles. The van der Waals surface area contributed by atoms with Crippen LogP contribution in [-0.2, 0) is 14.8 Å². The van der Waals surface area contributed by atoms with Gasteiger partial charge >= 0.3 is 0 Å². The molecule has 126 valence electrons. The highest BCUT2D eigenvalue weighted by Gasteiger charge is 2.36. The molecule has 3 rings (SSSR count). The summed E-state index contributed by atoms with van der Waals surface area (Å²) in [5.74, 6) is -1.62. The minimum absolute atomic E-state index is 0.0705. The summed E-state index contributed by atoms with van der Waals surface area (Å²) in [5, 5.41) is 0. The average Bonchev–Trinajstić information content (AvgIpc) is 3.35. The van der Waals surface area contributed by atoms with E-state index in [1.807, 2.05) is 0 Å². The molecule has 0 radical (unpaired) electrons. The third-order valence-corrected chi connectivity index (χ3v) is 6.12. The van der Waals surface area contributed by atoms with Crippen LogP contribution in [0.2, 0.25) is 0 Å². The molecule has 5 nitrogen and oxygen atoms in total. The molecule has 0 bridgehead atoms. The van der Waals surface area contributed by atoms with Crippen molar-refractivity contribution in [2.75, 3.05) is 26.2 Å². The van der Waals surface area contributed by atoms with Crippen molar-refractivity contribution < 1.29 is 22.0 Å². The lowest BCUT2D eigenvalue weighted by atomic mass is 10.3. The van der Waals surface area contributed by atoms with Crippen molar-refractivity contribution in [3.8, 4) is 0 Å². The van der Waals surface area contributed by atoms with Crippen LogP contribution in [0.3, 0.4) is 0 Å². The van der Waals surface area contributed by atoms with Crippen molar-refractivity contribution >= 4 is 15.9 Å². The van der Waals surface area contributed by atoms with E-state index < -0.39 is 26.6 Å². The minimum atomic E-state index is -4.11. The van der Waals surface area contributed by atoms with Gasteiger partial charge in [0, 0.05) is 32.1 Å². The van der Waals surface area contributed by atoms with Gasteiger partial charge in [0.15, 0.2) is 0 Å². The normalized spacial score (nSPS) is 20.3. The molecule has 0 N–H and O–H groups in total. The van der Waals surface area contributed by atoms with Gasteiger partial charge in [-0.3, -0.25) is 4.79 Å². The summed E-state index contributed by atoms with van der Waals surface area (Å²) in [4.78, 5) is 13.1. The van der Waals surface area contributed by atoms with Gasteiger partial charge in [-0.25, -0.2) is 17.2 Å². The van der Waals surface area contributed by atoms with Crippen molar-refractivity contribution in [3.05, 3.63) is 29.8 Å². The molecule has 1 amide bonds. The van der Waals surface area contributed by atoms with Gasteiger partial charge in [0.05, 0.1) is 0 Å². The molecular weight excluding hydrogens is 326 g/mol. The highest BCUT2D eigenvalue weighted by Crippen LogP contribution is 2.31. The van der Waals surface area contributed by atoms with Gasteiger partial charge in [0.1, 0.15) is 16.5 Å². The Morgan fingerprint density at radius 1 is 1.09 bits per heavy atom. The van der Waals surface area contributed by atoms with Crippen LogP contribution in [0.15, 0.2) is 23.1 Å². The van der Waals surface area contributed by atoms with Crippen molar-refractivity contribution in [3.63, 3.8) is 0 Å². The molecule has 23 heavy (non-hydrogen) atoms. The Morgan fingerprint density at radius 2 is 1.83 bits per heavy atom. The lowest BCUT2D eigenvalue weighted by Gasteiger charge is -2.22. The highest BCUT2D eigenvalue weighted by atomic mass is 32.2. The molecule has 1 saturated heterocycles. The number of rotatable bonds is 3. The average molecular weight is 344 g/mol. The zero-order valence-corrected chi connectivity index (χ0v) is 13.4. The lowest BCUT2D eigenvalue weighted by Crippen LogP contribution is -2.38. The van der Waals surface area contributed by atoms with Crippen LogP contribution in [0.25, 0.3) is 0 Å². The first kappa shape index (κ1) is 16.3. The summed E-state index contributed by atoms with van der Waals surface area (Å²) in [7, 11) is -4.11. The third kappa shape index (κ3) is 3.37. The second-order valence-electron chi connectivity index (χ2n) is 5.93. The predicted molar refractivity (Wildman–Crippen MR) is 79.0 cm³/mol. The molecule has 8 heteroatoms. The molecule has 2 fully saturated rings. The first-order valence-electron chi connectivity index (χ1n) is 7.63. The number of benzene rings is 1. The van der Waals surface area contributed by atoms with E-state index in [9.17, 15) is 22.0 Å². The first-order chi connectivity index (χ1) is 10.9. The molecule has 0 aromatic heterocycles. The van der Waals surface area contributed by atoms with E-state index in [0.717, 1.165) is 29.3 Å². The number of carbonyl (C=O) groups excluding carboxylic acids is 1. The molecule has 0 spiro atoms. The molecule has 1 saturated carbocycles. The number of hydrogen-bond donors (Lipinski definition) is 0. The maximum atomic E-state index is 13.8. The van der Waals surface area contributed by atoms with Crippen LogP contribution in [0.1, 0.15) is 19.3 Å². The Morgan fingerprint density at radius 3 is 2.52 bits per heavy atom. The molecule has 1 aromatic rings. The summed E-state index contributed by atoms with van der Waals surface area (Å²) in [6, 6.07) is 2.39. The van der Waals surface area contributed by atoms with Crippen LogP contribution in [0.4, 0.5) is 8.78 Å². The van der Waals surface area contributed by atoms with Crippen LogP contribution < -0.4 is 0 Å². The summed E-state index contributed by atoms with van der Waals surface area (Å²) in [6.07, 6.45) is 2.27. The first-order valence-corrected chi connectivity index (χ1v) is 9.07. The summed E-state index contributed by atoms with van der Waals surface area (Å²) >= 11 is 0. The Bertz CT molecular complexity index is 719. The number of sulfonamides is 1. The topological polar surface area (TPSA) is 57.7 Å². The van der Waals surface area contributed by atoms with Gasteiger partial charge < -0.3 is 4.90 Å². The van der Waals surface area contributed by atoms with Crippen molar-refractivity contribution in [2.24, 2.45) is 5.92 Å². The zero-order chi connectivity index (χ0) is 16.6. The van der Waals surface area contributed by atoms with E-state index >= 15 is 0 Å². The lowest BCUT2D eigenvalue weighted by molar-refractivity contribution is -0.132. The fourth-order valence-corrected chi connectivity index (χ4v) is 4.30. The van der Waals surface area contributed by atoms with Crippen LogP contribution in [0.5, 0.6) is 0 Å².